The largest absolute Gasteiger partial charge is 0.493 e. The number of anilines is 2. The average molecular weight is 404 g/mol. The minimum absolute atomic E-state index is 0.201. The molecule has 0 atom stereocenters. The predicted octanol–water partition coefficient (Wildman–Crippen LogP) is 4.75. The van der Waals surface area contributed by atoms with Gasteiger partial charge in [-0.1, -0.05) is 45.2 Å². The molecule has 0 aliphatic carbocycles. The summed E-state index contributed by atoms with van der Waals surface area (Å²) < 4.78 is 6.42. The van der Waals surface area contributed by atoms with Gasteiger partial charge < -0.3 is 15.8 Å². The molecule has 0 saturated heterocycles. The number of carbonyl (C=O) groups excluding carboxylic acids is 1. The number of halogens is 3. The van der Waals surface area contributed by atoms with Crippen molar-refractivity contribution in [1.29, 1.82) is 0 Å². The first-order valence-electron chi connectivity index (χ1n) is 6.38. The van der Waals surface area contributed by atoms with Gasteiger partial charge in [-0.15, -0.1) is 0 Å². The van der Waals surface area contributed by atoms with Crippen LogP contribution in [0.5, 0.6) is 5.75 Å². The zero-order valence-corrected chi connectivity index (χ0v) is 14.5. The summed E-state index contributed by atoms with van der Waals surface area (Å²) in [5.41, 5.74) is 6.43. The number of hydrogen-bond donors (Lipinski definition) is 2. The van der Waals surface area contributed by atoms with Gasteiger partial charge in [-0.2, -0.15) is 0 Å². The van der Waals surface area contributed by atoms with E-state index in [4.69, 9.17) is 33.7 Å². The molecule has 0 aromatic heterocycles. The number of ether oxygens (including phenoxy) is 1. The zero-order chi connectivity index (χ0) is 16.1. The van der Waals surface area contributed by atoms with Gasteiger partial charge >= 0.3 is 0 Å². The van der Waals surface area contributed by atoms with Crippen LogP contribution in [0, 0.1) is 0 Å². The molecule has 2 rings (SSSR count). The fourth-order valence-electron chi connectivity index (χ4n) is 1.70. The van der Waals surface area contributed by atoms with E-state index in [1.807, 2.05) is 24.3 Å². The Labute approximate surface area is 146 Å². The van der Waals surface area contributed by atoms with E-state index in [2.05, 4.69) is 21.2 Å². The molecule has 22 heavy (non-hydrogen) atoms. The molecule has 1 amide bonds. The van der Waals surface area contributed by atoms with E-state index in [1.54, 1.807) is 12.1 Å². The fraction of sp³-hybridized carbons (Fsp3) is 0.133. The van der Waals surface area contributed by atoms with Crippen molar-refractivity contribution >= 4 is 56.4 Å². The Kier molecular flexibility index (Phi) is 5.94. The molecule has 4 nitrogen and oxygen atoms in total. The lowest BCUT2D eigenvalue weighted by Crippen LogP contribution is -2.15. The third kappa shape index (κ3) is 4.80. The van der Waals surface area contributed by atoms with Gasteiger partial charge in [0.15, 0.2) is 0 Å². The second-order valence-corrected chi connectivity index (χ2v) is 6.19. The van der Waals surface area contributed by atoms with Crippen LogP contribution in [0.15, 0.2) is 40.9 Å². The van der Waals surface area contributed by atoms with Crippen LogP contribution in [0.3, 0.4) is 0 Å². The third-order valence-electron chi connectivity index (χ3n) is 2.76. The highest BCUT2D eigenvalue weighted by Gasteiger charge is 2.08. The molecule has 7 heteroatoms. The van der Waals surface area contributed by atoms with Gasteiger partial charge in [0.2, 0.25) is 5.91 Å². The van der Waals surface area contributed by atoms with Gasteiger partial charge in [-0.05, 0) is 30.3 Å². The number of amides is 1. The monoisotopic (exact) mass is 402 g/mol. The van der Waals surface area contributed by atoms with Gasteiger partial charge in [-0.3, -0.25) is 4.79 Å². The Morgan fingerprint density at radius 2 is 1.91 bits per heavy atom. The summed E-state index contributed by atoms with van der Waals surface area (Å²) in [6.45, 7) is 0.263. The average Bonchev–Trinajstić information content (AvgIpc) is 2.44. The predicted molar refractivity (Wildman–Crippen MR) is 93.8 cm³/mol. The highest BCUT2D eigenvalue weighted by molar-refractivity contribution is 9.10. The number of nitrogen functional groups attached to an aromatic ring is 1. The number of nitrogens with two attached hydrogens (primary N) is 1. The van der Waals surface area contributed by atoms with Crippen molar-refractivity contribution in [1.82, 2.24) is 0 Å². The number of hydrogen-bond acceptors (Lipinski definition) is 3. The van der Waals surface area contributed by atoms with Crippen LogP contribution in [-0.4, -0.2) is 12.5 Å². The van der Waals surface area contributed by atoms with Crippen molar-refractivity contribution in [3.8, 4) is 5.75 Å². The van der Waals surface area contributed by atoms with Crippen LogP contribution >= 0.6 is 39.1 Å². The van der Waals surface area contributed by atoms with Crippen LogP contribution in [-0.2, 0) is 4.79 Å². The molecule has 2 aromatic rings. The maximum atomic E-state index is 11.9. The third-order valence-corrected chi connectivity index (χ3v) is 3.88. The Balaban J connectivity index is 1.86. The molecule has 0 aliphatic rings. The van der Waals surface area contributed by atoms with Crippen molar-refractivity contribution in [2.75, 3.05) is 17.7 Å². The number of rotatable bonds is 5. The van der Waals surface area contributed by atoms with E-state index in [-0.39, 0.29) is 18.9 Å². The van der Waals surface area contributed by atoms with Gasteiger partial charge in [0.05, 0.1) is 28.8 Å². The molecule has 2 aromatic carbocycles. The van der Waals surface area contributed by atoms with Crippen molar-refractivity contribution in [3.63, 3.8) is 0 Å². The maximum absolute atomic E-state index is 11.9. The molecule has 0 saturated carbocycles. The first-order valence-corrected chi connectivity index (χ1v) is 7.93. The maximum Gasteiger partial charge on any atom is 0.227 e. The quantitative estimate of drug-likeness (QED) is 0.708. The molecular weight excluding hydrogens is 391 g/mol. The van der Waals surface area contributed by atoms with Gasteiger partial charge in [-0.25, -0.2) is 0 Å². The molecule has 3 N–H and O–H groups in total. The fourth-order valence-corrected chi connectivity index (χ4v) is 2.56. The highest BCUT2D eigenvalue weighted by atomic mass is 79.9. The van der Waals surface area contributed by atoms with E-state index in [9.17, 15) is 4.79 Å². The molecule has 0 heterocycles. The van der Waals surface area contributed by atoms with Gasteiger partial charge in [0.25, 0.3) is 0 Å². The molecular formula is C15H13BrCl2N2O2. The minimum Gasteiger partial charge on any atom is -0.493 e. The van der Waals surface area contributed by atoms with E-state index >= 15 is 0 Å². The molecule has 0 unspecified atom stereocenters. The van der Waals surface area contributed by atoms with E-state index in [0.29, 0.717) is 27.2 Å². The first-order chi connectivity index (χ1) is 10.5. The Morgan fingerprint density at radius 3 is 2.55 bits per heavy atom. The van der Waals surface area contributed by atoms with E-state index < -0.39 is 0 Å². The van der Waals surface area contributed by atoms with Crippen molar-refractivity contribution in [2.45, 2.75) is 6.42 Å². The second kappa shape index (κ2) is 7.72. The Bertz CT molecular complexity index is 672. The molecule has 0 aliphatic heterocycles. The summed E-state index contributed by atoms with van der Waals surface area (Å²) in [7, 11) is 0. The van der Waals surface area contributed by atoms with Crippen molar-refractivity contribution in [2.24, 2.45) is 0 Å². The van der Waals surface area contributed by atoms with Crippen LogP contribution < -0.4 is 15.8 Å². The van der Waals surface area contributed by atoms with Gasteiger partial charge in [0.1, 0.15) is 5.75 Å². The Morgan fingerprint density at radius 1 is 1.23 bits per heavy atom. The lowest BCUT2D eigenvalue weighted by Gasteiger charge is -2.09. The van der Waals surface area contributed by atoms with Crippen LogP contribution in [0.1, 0.15) is 6.42 Å². The van der Waals surface area contributed by atoms with Crippen LogP contribution in [0.25, 0.3) is 0 Å². The summed E-state index contributed by atoms with van der Waals surface area (Å²) in [6, 6.07) is 10.5. The summed E-state index contributed by atoms with van der Waals surface area (Å²) in [4.78, 5) is 11.9. The number of nitrogens with one attached hydrogen (secondary N) is 1. The Hall–Kier alpha value is -1.43. The minimum atomic E-state index is -0.202. The highest BCUT2D eigenvalue weighted by Crippen LogP contribution is 2.31. The van der Waals surface area contributed by atoms with Gasteiger partial charge in [0, 0.05) is 10.2 Å². The molecule has 0 bridgehead atoms. The normalized spacial score (nSPS) is 10.3. The smallest absolute Gasteiger partial charge is 0.227 e. The number of carbonyl (C=O) groups is 1. The van der Waals surface area contributed by atoms with Crippen LogP contribution in [0.2, 0.25) is 10.0 Å². The SMILES string of the molecule is Nc1c(Cl)cc(NC(=O)CCOc2cccc(Br)c2)cc1Cl. The number of benzene rings is 2. The first kappa shape index (κ1) is 16.9. The molecule has 0 radical (unpaired) electrons. The summed E-state index contributed by atoms with van der Waals surface area (Å²) in [5, 5.41) is 3.29. The zero-order valence-electron chi connectivity index (χ0n) is 11.4. The lowest BCUT2D eigenvalue weighted by atomic mass is 10.2. The van der Waals surface area contributed by atoms with Crippen LogP contribution in [0.4, 0.5) is 11.4 Å². The summed E-state index contributed by atoms with van der Waals surface area (Å²) >= 11 is 15.2. The summed E-state index contributed by atoms with van der Waals surface area (Å²) in [6.07, 6.45) is 0.201. The molecule has 0 spiro atoms. The topological polar surface area (TPSA) is 64.3 Å². The lowest BCUT2D eigenvalue weighted by molar-refractivity contribution is -0.116. The van der Waals surface area contributed by atoms with Crippen molar-refractivity contribution in [3.05, 3.63) is 50.9 Å². The van der Waals surface area contributed by atoms with Crippen molar-refractivity contribution < 1.29 is 9.53 Å². The molecule has 0 fully saturated rings. The second-order valence-electron chi connectivity index (χ2n) is 4.46. The summed E-state index contributed by atoms with van der Waals surface area (Å²) in [5.74, 6) is 0.493. The van der Waals surface area contributed by atoms with E-state index in [1.165, 1.54) is 0 Å². The standard InChI is InChI=1S/C15H13BrCl2N2O2/c16-9-2-1-3-11(6-9)22-5-4-14(21)20-10-7-12(17)15(19)13(18)8-10/h1-3,6-8H,4-5,19H2,(H,20,21). The van der Waals surface area contributed by atoms with E-state index in [0.717, 1.165) is 4.47 Å². The molecule has 116 valence electrons.